The van der Waals surface area contributed by atoms with Crippen molar-refractivity contribution in [2.24, 2.45) is 16.1 Å². The summed E-state index contributed by atoms with van der Waals surface area (Å²) in [5, 5.41) is 8.41. The van der Waals surface area contributed by atoms with E-state index < -0.39 is 0 Å². The van der Waals surface area contributed by atoms with Crippen LogP contribution in [0.5, 0.6) is 5.75 Å². The van der Waals surface area contributed by atoms with E-state index >= 15 is 0 Å². The van der Waals surface area contributed by atoms with E-state index in [1.165, 1.54) is 0 Å². The van der Waals surface area contributed by atoms with Gasteiger partial charge in [-0.15, -0.1) is 0 Å². The zero-order valence-corrected chi connectivity index (χ0v) is 9.77. The molecule has 3 heteroatoms. The summed E-state index contributed by atoms with van der Waals surface area (Å²) in [6.45, 7) is 6.34. The Morgan fingerprint density at radius 1 is 1.07 bits per heavy atom. The minimum atomic E-state index is 0.257. The highest BCUT2D eigenvalue weighted by Gasteiger charge is 2.03. The van der Waals surface area contributed by atoms with E-state index in [1.807, 2.05) is 24.3 Å². The van der Waals surface area contributed by atoms with E-state index in [9.17, 15) is 0 Å². The SMILES string of the molecule is COc1ccc(N=NC(C)C(C)C)cc1. The maximum absolute atomic E-state index is 5.06. The van der Waals surface area contributed by atoms with Crippen molar-refractivity contribution in [3.63, 3.8) is 0 Å². The molecule has 0 bridgehead atoms. The van der Waals surface area contributed by atoms with Crippen LogP contribution < -0.4 is 4.74 Å². The van der Waals surface area contributed by atoms with Gasteiger partial charge in [-0.25, -0.2) is 0 Å². The molecule has 1 aromatic rings. The lowest BCUT2D eigenvalue weighted by Gasteiger charge is -2.07. The summed E-state index contributed by atoms with van der Waals surface area (Å²) in [4.78, 5) is 0. The minimum absolute atomic E-state index is 0.257. The molecule has 3 nitrogen and oxygen atoms in total. The van der Waals surface area contributed by atoms with E-state index in [-0.39, 0.29) is 6.04 Å². The number of nitrogens with zero attached hydrogens (tertiary/aromatic N) is 2. The Hall–Kier alpha value is -1.38. The van der Waals surface area contributed by atoms with Gasteiger partial charge in [0.1, 0.15) is 5.75 Å². The molecule has 0 amide bonds. The Morgan fingerprint density at radius 2 is 1.67 bits per heavy atom. The lowest BCUT2D eigenvalue weighted by molar-refractivity contribution is 0.415. The number of rotatable bonds is 4. The summed E-state index contributed by atoms with van der Waals surface area (Å²) < 4.78 is 5.06. The number of hydrogen-bond acceptors (Lipinski definition) is 3. The molecule has 0 aromatic heterocycles. The van der Waals surface area contributed by atoms with Gasteiger partial charge in [0.15, 0.2) is 0 Å². The van der Waals surface area contributed by atoms with Gasteiger partial charge in [-0.1, -0.05) is 13.8 Å². The molecule has 1 atom stereocenters. The van der Waals surface area contributed by atoms with E-state index in [4.69, 9.17) is 4.74 Å². The average molecular weight is 206 g/mol. The average Bonchev–Trinajstić information content (AvgIpc) is 2.26. The Balaban J connectivity index is 2.64. The van der Waals surface area contributed by atoms with Gasteiger partial charge in [-0.05, 0) is 37.1 Å². The predicted molar refractivity (Wildman–Crippen MR) is 61.8 cm³/mol. The van der Waals surface area contributed by atoms with E-state index in [1.54, 1.807) is 7.11 Å². The molecule has 0 aliphatic heterocycles. The number of hydrogen-bond donors (Lipinski definition) is 0. The van der Waals surface area contributed by atoms with Crippen molar-refractivity contribution in [2.75, 3.05) is 7.11 Å². The molecule has 0 aliphatic rings. The molecular weight excluding hydrogens is 188 g/mol. The van der Waals surface area contributed by atoms with Gasteiger partial charge < -0.3 is 4.74 Å². The van der Waals surface area contributed by atoms with Gasteiger partial charge in [0, 0.05) is 0 Å². The highest BCUT2D eigenvalue weighted by Crippen LogP contribution is 2.19. The summed E-state index contributed by atoms with van der Waals surface area (Å²) in [7, 11) is 1.65. The molecular formula is C12H18N2O. The Kier molecular flexibility index (Phi) is 4.28. The summed E-state index contributed by atoms with van der Waals surface area (Å²) in [6, 6.07) is 7.82. The van der Waals surface area contributed by atoms with Gasteiger partial charge in [0.25, 0.3) is 0 Å². The van der Waals surface area contributed by atoms with Gasteiger partial charge in [-0.2, -0.15) is 10.2 Å². The first-order valence-electron chi connectivity index (χ1n) is 5.18. The molecule has 0 aliphatic carbocycles. The van der Waals surface area contributed by atoms with Crippen LogP contribution >= 0.6 is 0 Å². The summed E-state index contributed by atoms with van der Waals surface area (Å²) in [5.41, 5.74) is 0.864. The normalized spacial score (nSPS) is 13.4. The van der Waals surface area contributed by atoms with Crippen LogP contribution in [0.15, 0.2) is 34.5 Å². The molecule has 0 fully saturated rings. The third-order valence-corrected chi connectivity index (χ3v) is 2.39. The number of ether oxygens (including phenoxy) is 1. The first-order chi connectivity index (χ1) is 7.13. The van der Waals surface area contributed by atoms with Gasteiger partial charge in [-0.3, -0.25) is 0 Å². The van der Waals surface area contributed by atoms with Gasteiger partial charge in [0.05, 0.1) is 18.8 Å². The van der Waals surface area contributed by atoms with Crippen molar-refractivity contribution in [1.29, 1.82) is 0 Å². The molecule has 0 spiro atoms. The van der Waals surface area contributed by atoms with Gasteiger partial charge >= 0.3 is 0 Å². The second kappa shape index (κ2) is 5.49. The number of benzene rings is 1. The van der Waals surface area contributed by atoms with Crippen molar-refractivity contribution < 1.29 is 4.74 Å². The third kappa shape index (κ3) is 3.70. The van der Waals surface area contributed by atoms with Gasteiger partial charge in [0.2, 0.25) is 0 Å². The van der Waals surface area contributed by atoms with E-state index in [0.29, 0.717) is 5.92 Å². The predicted octanol–water partition coefficient (Wildman–Crippen LogP) is 3.82. The largest absolute Gasteiger partial charge is 0.497 e. The lowest BCUT2D eigenvalue weighted by atomic mass is 10.1. The van der Waals surface area contributed by atoms with Crippen LogP contribution in [-0.2, 0) is 0 Å². The number of methoxy groups -OCH3 is 1. The summed E-state index contributed by atoms with van der Waals surface area (Å²) in [6.07, 6.45) is 0. The highest BCUT2D eigenvalue weighted by molar-refractivity contribution is 5.40. The summed E-state index contributed by atoms with van der Waals surface area (Å²) in [5.74, 6) is 1.36. The molecule has 0 heterocycles. The van der Waals surface area contributed by atoms with Crippen LogP contribution in [-0.4, -0.2) is 13.2 Å². The minimum Gasteiger partial charge on any atom is -0.497 e. The molecule has 0 N–H and O–H groups in total. The second-order valence-corrected chi connectivity index (χ2v) is 3.90. The molecule has 82 valence electrons. The summed E-state index contributed by atoms with van der Waals surface area (Å²) >= 11 is 0. The van der Waals surface area contributed by atoms with Crippen LogP contribution in [0.4, 0.5) is 5.69 Å². The lowest BCUT2D eigenvalue weighted by Crippen LogP contribution is -2.05. The fraction of sp³-hybridized carbons (Fsp3) is 0.500. The van der Waals surface area contributed by atoms with Crippen molar-refractivity contribution in [2.45, 2.75) is 26.8 Å². The van der Waals surface area contributed by atoms with Crippen LogP contribution in [0.3, 0.4) is 0 Å². The monoisotopic (exact) mass is 206 g/mol. The van der Waals surface area contributed by atoms with Crippen LogP contribution in [0, 0.1) is 5.92 Å². The first-order valence-corrected chi connectivity index (χ1v) is 5.18. The fourth-order valence-electron chi connectivity index (χ4n) is 0.940. The Bertz CT molecular complexity index is 317. The molecule has 1 aromatic carbocycles. The Morgan fingerprint density at radius 3 is 2.13 bits per heavy atom. The maximum Gasteiger partial charge on any atom is 0.119 e. The number of azo groups is 1. The standard InChI is InChI=1S/C12H18N2O/c1-9(2)10(3)13-14-11-5-7-12(15-4)8-6-11/h5-10H,1-4H3. The highest BCUT2D eigenvalue weighted by atomic mass is 16.5. The van der Waals surface area contributed by atoms with Crippen molar-refractivity contribution in [1.82, 2.24) is 0 Å². The van der Waals surface area contributed by atoms with Crippen molar-refractivity contribution in [3.8, 4) is 5.75 Å². The molecule has 1 rings (SSSR count). The zero-order chi connectivity index (χ0) is 11.3. The zero-order valence-electron chi connectivity index (χ0n) is 9.77. The molecule has 1 unspecified atom stereocenters. The van der Waals surface area contributed by atoms with Crippen LogP contribution in [0.1, 0.15) is 20.8 Å². The molecule has 0 saturated carbocycles. The van der Waals surface area contributed by atoms with Crippen molar-refractivity contribution >= 4 is 5.69 Å². The smallest absolute Gasteiger partial charge is 0.119 e. The maximum atomic E-state index is 5.06. The van der Waals surface area contributed by atoms with Crippen LogP contribution in [0.2, 0.25) is 0 Å². The quantitative estimate of drug-likeness (QED) is 0.689. The van der Waals surface area contributed by atoms with Crippen molar-refractivity contribution in [3.05, 3.63) is 24.3 Å². The topological polar surface area (TPSA) is 34.0 Å². The first kappa shape index (κ1) is 11.7. The molecule has 0 saturated heterocycles. The fourth-order valence-corrected chi connectivity index (χ4v) is 0.940. The second-order valence-electron chi connectivity index (χ2n) is 3.90. The Labute approximate surface area is 91.2 Å². The van der Waals surface area contributed by atoms with E-state index in [0.717, 1.165) is 11.4 Å². The third-order valence-electron chi connectivity index (χ3n) is 2.39. The van der Waals surface area contributed by atoms with E-state index in [2.05, 4.69) is 31.0 Å². The van der Waals surface area contributed by atoms with Crippen LogP contribution in [0.25, 0.3) is 0 Å². The molecule has 0 radical (unpaired) electrons. The molecule has 15 heavy (non-hydrogen) atoms.